The van der Waals surface area contributed by atoms with Crippen molar-refractivity contribution < 1.29 is 0 Å². The first-order chi connectivity index (χ1) is 13.1. The number of fused-ring (bicyclic) bond motifs is 1. The third-order valence-corrected chi connectivity index (χ3v) is 8.06. The molecule has 1 heterocycles. The Labute approximate surface area is 174 Å². The number of hydrogen-bond donors (Lipinski definition) is 1. The molecule has 3 heteroatoms. The summed E-state index contributed by atoms with van der Waals surface area (Å²) in [6, 6.07) is 10.5. The molecule has 0 amide bonds. The molecule has 1 fully saturated rings. The fourth-order valence-corrected chi connectivity index (χ4v) is 8.64. The van der Waals surface area contributed by atoms with Crippen LogP contribution in [0.15, 0.2) is 58.2 Å². The molecule has 2 nitrogen and oxygen atoms in total. The number of nitrogens with zero attached hydrogens (tertiary/aromatic N) is 1. The first-order valence-electron chi connectivity index (χ1n) is 10.6. The second-order valence-corrected chi connectivity index (χ2v) is 12.7. The zero-order valence-electron chi connectivity index (χ0n) is 17.9. The Kier molecular flexibility index (Phi) is 3.83. The fourth-order valence-electron chi connectivity index (χ4n) is 6.73. The lowest BCUT2D eigenvalue weighted by atomic mass is 9.52. The van der Waals surface area contributed by atoms with Crippen LogP contribution in [0.5, 0.6) is 0 Å². The molecule has 28 heavy (non-hydrogen) atoms. The van der Waals surface area contributed by atoms with Crippen LogP contribution in [0.4, 0.5) is 5.69 Å². The fraction of sp³-hybridized carbons (Fsp3) is 0.560. The van der Waals surface area contributed by atoms with Crippen molar-refractivity contribution in [1.29, 1.82) is 0 Å². The molecule has 2 atom stereocenters. The Morgan fingerprint density at radius 1 is 0.893 bits per heavy atom. The smallest absolute Gasteiger partial charge is 0.166 e. The zero-order chi connectivity index (χ0) is 19.8. The van der Waals surface area contributed by atoms with Gasteiger partial charge >= 0.3 is 0 Å². The number of para-hydroxylation sites is 1. The normalized spacial score (nSPS) is 34.9. The minimum absolute atomic E-state index is 0.172. The number of rotatable bonds is 1. The SMILES string of the molecule is CC1(C)CC2=C[C@]3(C)CC(C)(C)C[C@@]4(C3)SC(Nc3ccccc3)=NC(=C24)C1. The molecule has 1 N–H and O–H groups in total. The molecule has 5 rings (SSSR count). The summed E-state index contributed by atoms with van der Waals surface area (Å²) >= 11 is 2.01. The molecule has 0 saturated heterocycles. The number of allylic oxidation sites excluding steroid dienone is 3. The molecular weight excluding hydrogens is 360 g/mol. The molecule has 4 aliphatic rings. The third-order valence-electron chi connectivity index (χ3n) is 6.79. The van der Waals surface area contributed by atoms with E-state index in [1.807, 2.05) is 11.8 Å². The van der Waals surface area contributed by atoms with E-state index < -0.39 is 0 Å². The van der Waals surface area contributed by atoms with Gasteiger partial charge in [0.25, 0.3) is 0 Å². The quantitative estimate of drug-likeness (QED) is 0.548. The van der Waals surface area contributed by atoms with Crippen molar-refractivity contribution in [2.24, 2.45) is 21.2 Å². The number of nitrogens with one attached hydrogen (secondary N) is 1. The van der Waals surface area contributed by atoms with E-state index in [0.29, 0.717) is 10.8 Å². The molecule has 0 aromatic heterocycles. The van der Waals surface area contributed by atoms with Gasteiger partial charge in [-0.1, -0.05) is 70.7 Å². The van der Waals surface area contributed by atoms with Gasteiger partial charge in [-0.05, 0) is 71.6 Å². The monoisotopic (exact) mass is 392 g/mol. The predicted molar refractivity (Wildman–Crippen MR) is 122 cm³/mol. The molecule has 0 radical (unpaired) electrons. The minimum atomic E-state index is 0.172. The van der Waals surface area contributed by atoms with Crippen molar-refractivity contribution in [1.82, 2.24) is 0 Å². The Balaban J connectivity index is 1.65. The summed E-state index contributed by atoms with van der Waals surface area (Å²) in [6.07, 6.45) is 8.69. The second-order valence-electron chi connectivity index (χ2n) is 11.4. The van der Waals surface area contributed by atoms with Gasteiger partial charge in [-0.25, -0.2) is 4.99 Å². The Hall–Kier alpha value is -1.48. The van der Waals surface area contributed by atoms with Crippen molar-refractivity contribution in [2.75, 3.05) is 5.32 Å². The predicted octanol–water partition coefficient (Wildman–Crippen LogP) is 7.17. The third kappa shape index (κ3) is 3.07. The summed E-state index contributed by atoms with van der Waals surface area (Å²) in [4.78, 5) is 5.20. The van der Waals surface area contributed by atoms with E-state index in [9.17, 15) is 0 Å². The maximum absolute atomic E-state index is 5.20. The van der Waals surface area contributed by atoms with Crippen molar-refractivity contribution in [3.63, 3.8) is 0 Å². The molecule has 3 aliphatic carbocycles. The Bertz CT molecular complexity index is 921. The molecular formula is C25H32N2S. The van der Waals surface area contributed by atoms with Crippen LogP contribution in [0, 0.1) is 16.2 Å². The summed E-state index contributed by atoms with van der Waals surface area (Å²) < 4.78 is 0.172. The van der Waals surface area contributed by atoms with Crippen molar-refractivity contribution in [3.05, 3.63) is 53.3 Å². The molecule has 1 aromatic carbocycles. The summed E-state index contributed by atoms with van der Waals surface area (Å²) in [5.41, 5.74) is 6.61. The molecule has 1 spiro atoms. The molecule has 1 saturated carbocycles. The number of aliphatic imine (C=N–C) groups is 1. The molecule has 148 valence electrons. The van der Waals surface area contributed by atoms with Crippen molar-refractivity contribution in [3.8, 4) is 0 Å². The highest BCUT2D eigenvalue weighted by Gasteiger charge is 2.57. The van der Waals surface area contributed by atoms with Crippen LogP contribution in [-0.4, -0.2) is 9.91 Å². The van der Waals surface area contributed by atoms with E-state index in [4.69, 9.17) is 4.99 Å². The van der Waals surface area contributed by atoms with Gasteiger partial charge in [0.2, 0.25) is 0 Å². The van der Waals surface area contributed by atoms with E-state index >= 15 is 0 Å². The molecule has 0 unspecified atom stereocenters. The second kappa shape index (κ2) is 5.78. The van der Waals surface area contributed by atoms with Crippen LogP contribution in [0.3, 0.4) is 0 Å². The topological polar surface area (TPSA) is 24.4 Å². The lowest BCUT2D eigenvalue weighted by Gasteiger charge is -2.59. The highest BCUT2D eigenvalue weighted by Crippen LogP contribution is 2.67. The summed E-state index contributed by atoms with van der Waals surface area (Å²) in [6.45, 7) is 12.2. The maximum atomic E-state index is 5.20. The van der Waals surface area contributed by atoms with Gasteiger partial charge in [-0.3, -0.25) is 0 Å². The van der Waals surface area contributed by atoms with E-state index in [1.165, 1.54) is 31.4 Å². The van der Waals surface area contributed by atoms with Crippen LogP contribution in [0.2, 0.25) is 0 Å². The lowest BCUT2D eigenvalue weighted by molar-refractivity contribution is 0.107. The van der Waals surface area contributed by atoms with E-state index in [0.717, 1.165) is 17.3 Å². The Morgan fingerprint density at radius 2 is 1.64 bits per heavy atom. The summed E-state index contributed by atoms with van der Waals surface area (Å²) in [7, 11) is 0. The van der Waals surface area contributed by atoms with Gasteiger partial charge in [0.1, 0.15) is 0 Å². The molecule has 1 aliphatic heterocycles. The average molecular weight is 393 g/mol. The van der Waals surface area contributed by atoms with Gasteiger partial charge in [0, 0.05) is 11.4 Å². The van der Waals surface area contributed by atoms with Crippen LogP contribution in [-0.2, 0) is 0 Å². The van der Waals surface area contributed by atoms with Gasteiger partial charge in [-0.15, -0.1) is 0 Å². The number of amidine groups is 1. The lowest BCUT2D eigenvalue weighted by Crippen LogP contribution is -2.52. The Morgan fingerprint density at radius 3 is 2.39 bits per heavy atom. The minimum Gasteiger partial charge on any atom is -0.335 e. The zero-order valence-corrected chi connectivity index (χ0v) is 18.7. The highest BCUT2D eigenvalue weighted by molar-refractivity contribution is 8.15. The van der Waals surface area contributed by atoms with E-state index in [1.54, 1.807) is 11.1 Å². The van der Waals surface area contributed by atoms with Crippen LogP contribution < -0.4 is 5.32 Å². The number of benzene rings is 1. The number of anilines is 1. The maximum Gasteiger partial charge on any atom is 0.166 e. The summed E-state index contributed by atoms with van der Waals surface area (Å²) in [5.74, 6) is 0. The van der Waals surface area contributed by atoms with Gasteiger partial charge < -0.3 is 5.32 Å². The first-order valence-corrected chi connectivity index (χ1v) is 11.4. The van der Waals surface area contributed by atoms with Crippen molar-refractivity contribution >= 4 is 22.6 Å². The molecule has 1 aromatic rings. The first kappa shape index (κ1) is 18.5. The van der Waals surface area contributed by atoms with Gasteiger partial charge in [-0.2, -0.15) is 0 Å². The van der Waals surface area contributed by atoms with Crippen LogP contribution in [0.25, 0.3) is 0 Å². The van der Waals surface area contributed by atoms with E-state index in [-0.39, 0.29) is 10.2 Å². The van der Waals surface area contributed by atoms with Crippen LogP contribution >= 0.6 is 11.8 Å². The number of hydrogen-bond acceptors (Lipinski definition) is 3. The molecule has 2 bridgehead atoms. The standard InChI is InChI=1S/C25H32N2S/c1-22(2)11-17-12-24(5)14-23(3,4)15-25(16-24)20(17)19(13-22)27-21(28-25)26-18-9-7-6-8-10-18/h6-10,12H,11,13-16H2,1-5H3,(H,26,27)/t24-,25+/m1/s1. The number of thioether (sulfide) groups is 1. The van der Waals surface area contributed by atoms with Gasteiger partial charge in [0.05, 0.1) is 4.75 Å². The van der Waals surface area contributed by atoms with E-state index in [2.05, 4.69) is 76.3 Å². The summed E-state index contributed by atoms with van der Waals surface area (Å²) in [5, 5.41) is 4.73. The van der Waals surface area contributed by atoms with Crippen LogP contribution in [0.1, 0.15) is 66.7 Å². The average Bonchev–Trinajstić information content (AvgIpc) is 2.50. The highest BCUT2D eigenvalue weighted by atomic mass is 32.2. The van der Waals surface area contributed by atoms with Gasteiger partial charge in [0.15, 0.2) is 5.17 Å². The van der Waals surface area contributed by atoms with Crippen molar-refractivity contribution in [2.45, 2.75) is 71.5 Å². The largest absolute Gasteiger partial charge is 0.335 e.